The van der Waals surface area contributed by atoms with Crippen LogP contribution in [0.4, 0.5) is 0 Å². The van der Waals surface area contributed by atoms with Crippen LogP contribution >= 0.6 is 11.3 Å². The van der Waals surface area contributed by atoms with E-state index in [0.717, 1.165) is 0 Å². The second kappa shape index (κ2) is 16.4. The maximum absolute atomic E-state index is 2.46. The number of fused-ring (bicyclic) bond motifs is 18. The number of hydrogen-bond acceptors (Lipinski definition) is 1. The molecule has 0 saturated heterocycles. The van der Waals surface area contributed by atoms with Crippen LogP contribution in [0.5, 0.6) is 0 Å². The van der Waals surface area contributed by atoms with Gasteiger partial charge in [-0.2, -0.15) is 0 Å². The monoisotopic (exact) mass is 966 g/mol. The van der Waals surface area contributed by atoms with Crippen molar-refractivity contribution in [3.05, 3.63) is 266 Å². The van der Waals surface area contributed by atoms with E-state index in [9.17, 15) is 0 Å². The molecule has 0 amide bonds. The topological polar surface area (TPSA) is 0 Å². The van der Waals surface area contributed by atoms with Gasteiger partial charge in [-0.15, -0.1) is 11.3 Å². The molecular weight excluding hydrogens is 921 g/mol. The second-order valence-electron chi connectivity index (χ2n) is 20.6. The smallest absolute Gasteiger partial charge is 0.0434 e. The molecule has 0 fully saturated rings. The van der Waals surface area contributed by atoms with Gasteiger partial charge in [-0.25, -0.2) is 0 Å². The van der Waals surface area contributed by atoms with Crippen molar-refractivity contribution in [1.29, 1.82) is 0 Å². The Hall–Kier alpha value is -9.14. The fourth-order valence-electron chi connectivity index (χ4n) is 13.2. The summed E-state index contributed by atoms with van der Waals surface area (Å²) < 4.78 is 2.67. The molecule has 1 aliphatic carbocycles. The lowest BCUT2D eigenvalue weighted by atomic mass is 9.88. The molecule has 348 valence electrons. The highest BCUT2D eigenvalue weighted by Gasteiger charge is 2.29. The first-order valence-corrected chi connectivity index (χ1v) is 27.0. The highest BCUT2D eigenvalue weighted by Crippen LogP contribution is 2.51. The maximum Gasteiger partial charge on any atom is 0.0434 e. The Balaban J connectivity index is 0.786. The lowest BCUT2D eigenvalue weighted by Gasteiger charge is -2.16. The molecular formula is C74H46S. The highest BCUT2D eigenvalue weighted by molar-refractivity contribution is 7.26. The molecule has 0 radical (unpaired) electrons. The van der Waals surface area contributed by atoms with Crippen LogP contribution in [0.25, 0.3) is 152 Å². The summed E-state index contributed by atoms with van der Waals surface area (Å²) in [6.07, 6.45) is 0. The SMILES string of the molecule is C[C@@H]1c2ccc(-c3ccc4c5cc(-c6cccc(-c7cccc8c7sc7c(-c9ccccc9)cccc78)c6)ccc5c5ccccc5c4c3)cc2-c2cccc(-c3ccc4c5ccccc5c5ccccc5c4c3)c21. The van der Waals surface area contributed by atoms with Crippen molar-refractivity contribution in [2.45, 2.75) is 12.8 Å². The summed E-state index contributed by atoms with van der Waals surface area (Å²) in [7, 11) is 0. The van der Waals surface area contributed by atoms with Gasteiger partial charge >= 0.3 is 0 Å². The zero-order chi connectivity index (χ0) is 49.3. The van der Waals surface area contributed by atoms with Crippen molar-refractivity contribution < 1.29 is 0 Å². The Morgan fingerprint density at radius 1 is 0.227 bits per heavy atom. The van der Waals surface area contributed by atoms with Crippen molar-refractivity contribution in [1.82, 2.24) is 0 Å². The first kappa shape index (κ1) is 42.4. The average Bonchev–Trinajstić information content (AvgIpc) is 4.03. The van der Waals surface area contributed by atoms with Gasteiger partial charge in [0, 0.05) is 26.1 Å². The lowest BCUT2D eigenvalue weighted by Crippen LogP contribution is -1.94. The molecule has 1 heterocycles. The van der Waals surface area contributed by atoms with Gasteiger partial charge in [-0.05, 0) is 173 Å². The molecule has 0 aliphatic heterocycles. The Labute approximate surface area is 439 Å². The van der Waals surface area contributed by atoms with Gasteiger partial charge in [0.25, 0.3) is 0 Å². The number of thiophene rings is 1. The van der Waals surface area contributed by atoms with Gasteiger partial charge in [0.2, 0.25) is 0 Å². The number of hydrogen-bond donors (Lipinski definition) is 0. The summed E-state index contributed by atoms with van der Waals surface area (Å²) in [5.74, 6) is 0.267. The third-order valence-electron chi connectivity index (χ3n) is 16.7. The maximum atomic E-state index is 2.46. The highest BCUT2D eigenvalue weighted by atomic mass is 32.1. The minimum absolute atomic E-state index is 0.267. The Bertz CT molecular complexity index is 4860. The molecule has 15 aromatic rings. The van der Waals surface area contributed by atoms with Crippen molar-refractivity contribution in [3.8, 4) is 66.8 Å². The standard InChI is InChI=1S/C74H46S/c1-44-52-35-31-48(40-68(52)65-28-12-25-53(72(44)65)51-34-38-63-58-21-6-5-19-56(58)57-20-7-9-23-60(57)71(63)43-51)49-33-37-64-69(42-49)61-24-10-8-22-59(61)62-36-32-47(41-70(62)64)46-17-11-18-50(39-46)55-27-14-30-67-66-29-13-26-54(73(66)75-74(55)67)45-15-3-2-4-16-45/h2-44H,1H3/t44-/m1/s1. The zero-order valence-electron chi connectivity index (χ0n) is 41.2. The third kappa shape index (κ3) is 6.42. The van der Waals surface area contributed by atoms with Gasteiger partial charge in [-0.3, -0.25) is 0 Å². The van der Waals surface area contributed by atoms with Crippen LogP contribution in [0.15, 0.2) is 255 Å². The van der Waals surface area contributed by atoms with Gasteiger partial charge in [0.1, 0.15) is 0 Å². The van der Waals surface area contributed by atoms with Crippen molar-refractivity contribution in [2.24, 2.45) is 0 Å². The summed E-state index contributed by atoms with van der Waals surface area (Å²) in [4.78, 5) is 0. The van der Waals surface area contributed by atoms with E-state index in [2.05, 4.69) is 262 Å². The molecule has 0 saturated carbocycles. The quantitative estimate of drug-likeness (QED) is 0.151. The summed E-state index contributed by atoms with van der Waals surface area (Å²) >= 11 is 1.91. The number of benzene rings is 14. The molecule has 14 aromatic carbocycles. The molecule has 0 N–H and O–H groups in total. The van der Waals surface area contributed by atoms with Crippen LogP contribution in [-0.4, -0.2) is 0 Å². The second-order valence-corrected chi connectivity index (χ2v) is 21.6. The van der Waals surface area contributed by atoms with Gasteiger partial charge in [-0.1, -0.05) is 231 Å². The van der Waals surface area contributed by atoms with E-state index in [1.807, 2.05) is 11.3 Å². The largest absolute Gasteiger partial charge is 0.134 e. The fraction of sp³-hybridized carbons (Fsp3) is 0.0270. The Kier molecular flexibility index (Phi) is 9.29. The van der Waals surface area contributed by atoms with E-state index in [1.165, 1.54) is 163 Å². The molecule has 0 nitrogen and oxygen atoms in total. The van der Waals surface area contributed by atoms with Crippen LogP contribution in [0.3, 0.4) is 0 Å². The normalized spacial score (nSPS) is 13.3. The summed E-state index contributed by atoms with van der Waals surface area (Å²) in [5, 5.41) is 18.1. The molecule has 1 aliphatic rings. The molecule has 1 aromatic heterocycles. The zero-order valence-corrected chi connectivity index (χ0v) is 42.1. The van der Waals surface area contributed by atoms with Crippen LogP contribution in [0.2, 0.25) is 0 Å². The van der Waals surface area contributed by atoms with Crippen LogP contribution in [-0.2, 0) is 0 Å². The predicted molar refractivity (Wildman–Crippen MR) is 325 cm³/mol. The minimum atomic E-state index is 0.267. The van der Waals surface area contributed by atoms with E-state index >= 15 is 0 Å². The summed E-state index contributed by atoms with van der Waals surface area (Å²) in [6, 6.07) is 95.7. The average molecular weight is 967 g/mol. The van der Waals surface area contributed by atoms with Crippen LogP contribution in [0.1, 0.15) is 24.0 Å². The van der Waals surface area contributed by atoms with E-state index in [0.29, 0.717) is 0 Å². The van der Waals surface area contributed by atoms with Crippen LogP contribution < -0.4 is 0 Å². The third-order valence-corrected chi connectivity index (χ3v) is 18.0. The predicted octanol–water partition coefficient (Wildman–Crippen LogP) is 21.4. The van der Waals surface area contributed by atoms with Crippen molar-refractivity contribution >= 4 is 96.1 Å². The number of rotatable bonds is 5. The lowest BCUT2D eigenvalue weighted by molar-refractivity contribution is 0.959. The molecule has 75 heavy (non-hydrogen) atoms. The van der Waals surface area contributed by atoms with E-state index in [1.54, 1.807) is 0 Å². The van der Waals surface area contributed by atoms with E-state index in [4.69, 9.17) is 0 Å². The molecule has 0 spiro atoms. The first-order chi connectivity index (χ1) is 37.1. The van der Waals surface area contributed by atoms with E-state index in [-0.39, 0.29) is 5.92 Å². The summed E-state index contributed by atoms with van der Waals surface area (Å²) in [5.41, 5.74) is 18.0. The molecule has 0 unspecified atom stereocenters. The van der Waals surface area contributed by atoms with Crippen molar-refractivity contribution in [3.63, 3.8) is 0 Å². The van der Waals surface area contributed by atoms with Crippen molar-refractivity contribution in [2.75, 3.05) is 0 Å². The van der Waals surface area contributed by atoms with Gasteiger partial charge in [0.05, 0.1) is 0 Å². The van der Waals surface area contributed by atoms with Crippen LogP contribution in [0, 0.1) is 0 Å². The fourth-order valence-corrected chi connectivity index (χ4v) is 14.5. The summed E-state index contributed by atoms with van der Waals surface area (Å²) in [6.45, 7) is 2.39. The minimum Gasteiger partial charge on any atom is -0.134 e. The van der Waals surface area contributed by atoms with Gasteiger partial charge < -0.3 is 0 Å². The first-order valence-electron chi connectivity index (χ1n) is 26.2. The Morgan fingerprint density at radius 3 is 1.19 bits per heavy atom. The van der Waals surface area contributed by atoms with Gasteiger partial charge in [0.15, 0.2) is 0 Å². The molecule has 1 atom stereocenters. The molecule has 1 heteroatoms. The Morgan fingerprint density at radius 2 is 0.587 bits per heavy atom. The van der Waals surface area contributed by atoms with E-state index < -0.39 is 0 Å². The molecule has 0 bridgehead atoms. The molecule has 16 rings (SSSR count).